The van der Waals surface area contributed by atoms with Gasteiger partial charge in [-0.05, 0) is 38.1 Å². The van der Waals surface area contributed by atoms with Gasteiger partial charge in [0.1, 0.15) is 0 Å². The SMILES string of the molecule is OC1CCCCCC1N1C[C@@H]2CCCN[C@@H]2C1. The molecule has 2 saturated heterocycles. The van der Waals surface area contributed by atoms with E-state index in [0.29, 0.717) is 12.1 Å². The van der Waals surface area contributed by atoms with E-state index in [0.717, 1.165) is 12.3 Å². The molecular formula is C14H26N2O. The third kappa shape index (κ3) is 2.51. The van der Waals surface area contributed by atoms with Crippen molar-refractivity contribution in [3.05, 3.63) is 0 Å². The van der Waals surface area contributed by atoms with Crippen LogP contribution in [-0.4, -0.2) is 47.8 Å². The maximum atomic E-state index is 10.3. The number of aliphatic hydroxyl groups excluding tert-OH is 1. The van der Waals surface area contributed by atoms with Crippen molar-refractivity contribution in [1.82, 2.24) is 10.2 Å². The minimum absolute atomic E-state index is 0.0716. The van der Waals surface area contributed by atoms with Crippen LogP contribution in [0.5, 0.6) is 0 Å². The molecule has 2 N–H and O–H groups in total. The number of hydrogen-bond donors (Lipinski definition) is 2. The molecule has 2 aliphatic heterocycles. The van der Waals surface area contributed by atoms with Crippen molar-refractivity contribution in [3.8, 4) is 0 Å². The Morgan fingerprint density at radius 2 is 1.82 bits per heavy atom. The summed E-state index contributed by atoms with van der Waals surface area (Å²) in [4.78, 5) is 2.59. The van der Waals surface area contributed by atoms with Crippen molar-refractivity contribution in [2.24, 2.45) is 5.92 Å². The van der Waals surface area contributed by atoms with Crippen LogP contribution in [0.15, 0.2) is 0 Å². The Bertz CT molecular complexity index is 245. The third-order valence-electron chi connectivity index (χ3n) is 5.04. The highest BCUT2D eigenvalue weighted by Gasteiger charge is 2.39. The zero-order valence-electron chi connectivity index (χ0n) is 10.8. The first kappa shape index (κ1) is 11.9. The lowest BCUT2D eigenvalue weighted by molar-refractivity contribution is 0.0545. The molecule has 0 spiro atoms. The third-order valence-corrected chi connectivity index (χ3v) is 5.04. The second kappa shape index (κ2) is 5.25. The predicted octanol–water partition coefficient (Wildman–Crippen LogP) is 1.36. The fourth-order valence-electron chi connectivity index (χ4n) is 4.05. The Balaban J connectivity index is 1.63. The Labute approximate surface area is 105 Å². The van der Waals surface area contributed by atoms with Crippen LogP contribution in [0.3, 0.4) is 0 Å². The minimum Gasteiger partial charge on any atom is -0.391 e. The average Bonchev–Trinajstić information content (AvgIpc) is 2.65. The number of rotatable bonds is 1. The van der Waals surface area contributed by atoms with Gasteiger partial charge >= 0.3 is 0 Å². The highest BCUT2D eigenvalue weighted by Crippen LogP contribution is 2.30. The molecule has 2 heterocycles. The summed E-state index contributed by atoms with van der Waals surface area (Å²) in [5.74, 6) is 0.846. The second-order valence-electron chi connectivity index (χ2n) is 6.19. The van der Waals surface area contributed by atoms with Crippen LogP contribution < -0.4 is 5.32 Å². The fraction of sp³-hybridized carbons (Fsp3) is 1.00. The Kier molecular flexibility index (Phi) is 3.69. The topological polar surface area (TPSA) is 35.5 Å². The number of hydrogen-bond acceptors (Lipinski definition) is 3. The van der Waals surface area contributed by atoms with Crippen molar-refractivity contribution in [2.45, 2.75) is 63.1 Å². The zero-order chi connectivity index (χ0) is 11.7. The van der Waals surface area contributed by atoms with Crippen LogP contribution in [0.25, 0.3) is 0 Å². The van der Waals surface area contributed by atoms with Gasteiger partial charge in [0.2, 0.25) is 0 Å². The number of aliphatic hydroxyl groups is 1. The molecular weight excluding hydrogens is 212 g/mol. The molecule has 0 aromatic heterocycles. The van der Waals surface area contributed by atoms with Crippen LogP contribution in [0.4, 0.5) is 0 Å². The summed E-state index contributed by atoms with van der Waals surface area (Å²) in [6, 6.07) is 1.16. The summed E-state index contributed by atoms with van der Waals surface area (Å²) >= 11 is 0. The summed E-state index contributed by atoms with van der Waals surface area (Å²) in [6.07, 6.45) is 8.71. The molecule has 3 aliphatic rings. The molecule has 0 bridgehead atoms. The second-order valence-corrected chi connectivity index (χ2v) is 6.19. The van der Waals surface area contributed by atoms with Gasteiger partial charge in [-0.15, -0.1) is 0 Å². The molecule has 17 heavy (non-hydrogen) atoms. The van der Waals surface area contributed by atoms with Crippen LogP contribution in [0.1, 0.15) is 44.9 Å². The summed E-state index contributed by atoms with van der Waals surface area (Å²) in [6.45, 7) is 3.59. The lowest BCUT2D eigenvalue weighted by atomic mass is 9.94. The molecule has 1 aliphatic carbocycles. The van der Waals surface area contributed by atoms with Crippen molar-refractivity contribution in [1.29, 1.82) is 0 Å². The normalized spacial score (nSPS) is 44.3. The van der Waals surface area contributed by atoms with Crippen LogP contribution in [-0.2, 0) is 0 Å². The molecule has 3 heteroatoms. The first-order valence-corrected chi connectivity index (χ1v) is 7.50. The van der Waals surface area contributed by atoms with E-state index in [9.17, 15) is 5.11 Å². The first-order valence-electron chi connectivity index (χ1n) is 7.50. The van der Waals surface area contributed by atoms with Crippen molar-refractivity contribution < 1.29 is 5.11 Å². The van der Waals surface area contributed by atoms with E-state index < -0.39 is 0 Å². The zero-order valence-corrected chi connectivity index (χ0v) is 10.8. The first-order chi connectivity index (χ1) is 8.34. The van der Waals surface area contributed by atoms with Gasteiger partial charge in [-0.25, -0.2) is 0 Å². The van der Waals surface area contributed by atoms with Crippen molar-refractivity contribution in [2.75, 3.05) is 19.6 Å². The number of nitrogens with zero attached hydrogens (tertiary/aromatic N) is 1. The Morgan fingerprint density at radius 1 is 0.941 bits per heavy atom. The predicted molar refractivity (Wildman–Crippen MR) is 69.0 cm³/mol. The highest BCUT2D eigenvalue weighted by atomic mass is 16.3. The Morgan fingerprint density at radius 3 is 2.71 bits per heavy atom. The van der Waals surface area contributed by atoms with Gasteiger partial charge in [-0.1, -0.05) is 19.3 Å². The molecule has 3 rings (SSSR count). The van der Waals surface area contributed by atoms with Crippen molar-refractivity contribution >= 4 is 0 Å². The number of likely N-dealkylation sites (tertiary alicyclic amines) is 1. The van der Waals surface area contributed by atoms with Gasteiger partial charge in [-0.2, -0.15) is 0 Å². The summed E-state index contributed by atoms with van der Waals surface area (Å²) in [5, 5.41) is 13.9. The van der Waals surface area contributed by atoms with E-state index >= 15 is 0 Å². The average molecular weight is 238 g/mol. The van der Waals surface area contributed by atoms with Crippen LogP contribution >= 0.6 is 0 Å². The smallest absolute Gasteiger partial charge is 0.0695 e. The standard InChI is InChI=1S/C14H26N2O/c17-14-7-3-1-2-6-13(14)16-9-11-5-4-8-15-12(11)10-16/h11-15,17H,1-10H2/t11-,12+,13?,14?/m0/s1. The van der Waals surface area contributed by atoms with Gasteiger partial charge in [0, 0.05) is 25.2 Å². The van der Waals surface area contributed by atoms with Gasteiger partial charge in [-0.3, -0.25) is 4.90 Å². The molecule has 98 valence electrons. The Hall–Kier alpha value is -0.120. The van der Waals surface area contributed by atoms with Gasteiger partial charge < -0.3 is 10.4 Å². The van der Waals surface area contributed by atoms with E-state index in [1.54, 1.807) is 0 Å². The maximum absolute atomic E-state index is 10.3. The van der Waals surface area contributed by atoms with Crippen LogP contribution in [0, 0.1) is 5.92 Å². The summed E-state index contributed by atoms with van der Waals surface area (Å²) < 4.78 is 0. The molecule has 0 aromatic rings. The quantitative estimate of drug-likeness (QED) is 0.677. The molecule has 1 saturated carbocycles. The summed E-state index contributed by atoms with van der Waals surface area (Å²) in [5.41, 5.74) is 0. The molecule has 0 aromatic carbocycles. The van der Waals surface area contributed by atoms with E-state index in [-0.39, 0.29) is 6.10 Å². The molecule has 2 unspecified atom stereocenters. The minimum atomic E-state index is -0.0716. The van der Waals surface area contributed by atoms with Gasteiger partial charge in [0.25, 0.3) is 0 Å². The highest BCUT2D eigenvalue weighted by molar-refractivity contribution is 4.96. The van der Waals surface area contributed by atoms with E-state index in [4.69, 9.17) is 0 Å². The monoisotopic (exact) mass is 238 g/mol. The van der Waals surface area contributed by atoms with Gasteiger partial charge in [0.05, 0.1) is 6.10 Å². The van der Waals surface area contributed by atoms with E-state index in [1.807, 2.05) is 0 Å². The lowest BCUT2D eigenvalue weighted by Gasteiger charge is -2.30. The van der Waals surface area contributed by atoms with Crippen molar-refractivity contribution in [3.63, 3.8) is 0 Å². The molecule has 3 nitrogen and oxygen atoms in total. The fourth-order valence-corrected chi connectivity index (χ4v) is 4.05. The maximum Gasteiger partial charge on any atom is 0.0695 e. The molecule has 0 radical (unpaired) electrons. The van der Waals surface area contributed by atoms with E-state index in [2.05, 4.69) is 10.2 Å². The molecule has 4 atom stereocenters. The lowest BCUT2D eigenvalue weighted by Crippen LogP contribution is -2.44. The summed E-state index contributed by atoms with van der Waals surface area (Å²) in [7, 11) is 0. The molecule has 0 amide bonds. The number of fused-ring (bicyclic) bond motifs is 1. The molecule has 3 fully saturated rings. The largest absolute Gasteiger partial charge is 0.391 e. The number of nitrogens with one attached hydrogen (secondary N) is 1. The van der Waals surface area contributed by atoms with Crippen LogP contribution in [0.2, 0.25) is 0 Å². The van der Waals surface area contributed by atoms with Gasteiger partial charge in [0.15, 0.2) is 0 Å². The van der Waals surface area contributed by atoms with E-state index in [1.165, 1.54) is 58.2 Å². The number of piperidine rings is 1.